The minimum atomic E-state index is -0.471. The van der Waals surface area contributed by atoms with Gasteiger partial charge in [0.1, 0.15) is 6.07 Å². The highest BCUT2D eigenvalue weighted by molar-refractivity contribution is 7.99. The molecule has 5 nitrogen and oxygen atoms in total. The zero-order chi connectivity index (χ0) is 17.2. The van der Waals surface area contributed by atoms with E-state index < -0.39 is 11.9 Å². The lowest BCUT2D eigenvalue weighted by Gasteiger charge is -2.07. The van der Waals surface area contributed by atoms with E-state index in [1.54, 1.807) is 36.0 Å². The average molecular weight is 340 g/mol. The van der Waals surface area contributed by atoms with Crippen LogP contribution in [0.3, 0.4) is 0 Å². The van der Waals surface area contributed by atoms with Crippen LogP contribution < -0.4 is 5.32 Å². The van der Waals surface area contributed by atoms with Crippen LogP contribution in [0.4, 0.5) is 5.69 Å². The summed E-state index contributed by atoms with van der Waals surface area (Å²) in [6, 6.07) is 18.4. The number of para-hydroxylation sites is 1. The van der Waals surface area contributed by atoms with E-state index in [1.807, 2.05) is 36.4 Å². The topological polar surface area (TPSA) is 79.2 Å². The average Bonchev–Trinajstić information content (AvgIpc) is 2.61. The highest BCUT2D eigenvalue weighted by atomic mass is 32.2. The van der Waals surface area contributed by atoms with Gasteiger partial charge in [0.15, 0.2) is 6.61 Å². The van der Waals surface area contributed by atoms with E-state index in [2.05, 4.69) is 5.32 Å². The van der Waals surface area contributed by atoms with Crippen molar-refractivity contribution in [2.24, 2.45) is 0 Å². The van der Waals surface area contributed by atoms with Gasteiger partial charge in [0, 0.05) is 10.6 Å². The molecule has 1 amide bonds. The summed E-state index contributed by atoms with van der Waals surface area (Å²) in [6.07, 6.45) is 0.224. The minimum absolute atomic E-state index is 0.224. The maximum absolute atomic E-state index is 11.8. The minimum Gasteiger partial charge on any atom is -0.456 e. The Morgan fingerprint density at radius 1 is 1.08 bits per heavy atom. The number of hydrogen-bond donors (Lipinski definition) is 1. The number of rotatable bonds is 7. The Morgan fingerprint density at radius 2 is 1.79 bits per heavy atom. The molecule has 24 heavy (non-hydrogen) atoms. The molecule has 2 aromatic carbocycles. The monoisotopic (exact) mass is 340 g/mol. The third-order valence-corrected chi connectivity index (χ3v) is 4.02. The molecule has 2 rings (SSSR count). The molecule has 0 radical (unpaired) electrons. The van der Waals surface area contributed by atoms with E-state index in [4.69, 9.17) is 10.00 Å². The normalized spacial score (nSPS) is 9.79. The first kappa shape index (κ1) is 17.6. The summed E-state index contributed by atoms with van der Waals surface area (Å²) in [5.74, 6) is -0.314. The Morgan fingerprint density at radius 3 is 2.54 bits per heavy atom. The summed E-state index contributed by atoms with van der Waals surface area (Å²) in [7, 11) is 0. The number of carbonyl (C=O) groups excluding carboxylic acids is 2. The number of amides is 1. The van der Waals surface area contributed by atoms with Crippen LogP contribution in [-0.4, -0.2) is 24.2 Å². The molecule has 0 heterocycles. The Kier molecular flexibility index (Phi) is 6.87. The number of esters is 1. The van der Waals surface area contributed by atoms with E-state index in [-0.39, 0.29) is 13.0 Å². The van der Waals surface area contributed by atoms with Gasteiger partial charge < -0.3 is 10.1 Å². The molecular weight excluding hydrogens is 324 g/mol. The van der Waals surface area contributed by atoms with E-state index in [0.29, 0.717) is 17.0 Å². The van der Waals surface area contributed by atoms with Crippen molar-refractivity contribution in [3.63, 3.8) is 0 Å². The Bertz CT molecular complexity index is 741. The lowest BCUT2D eigenvalue weighted by Crippen LogP contribution is -2.21. The largest absolute Gasteiger partial charge is 0.456 e. The fourth-order valence-corrected chi connectivity index (χ4v) is 2.72. The van der Waals surface area contributed by atoms with Crippen LogP contribution >= 0.6 is 11.8 Å². The molecule has 0 saturated carbocycles. The first-order valence-electron chi connectivity index (χ1n) is 7.31. The molecule has 0 bridgehead atoms. The number of nitrogens with one attached hydrogen (secondary N) is 1. The molecule has 0 saturated heterocycles. The maximum Gasteiger partial charge on any atom is 0.307 e. The van der Waals surface area contributed by atoms with Crippen LogP contribution in [0.15, 0.2) is 59.5 Å². The van der Waals surface area contributed by atoms with Crippen molar-refractivity contribution >= 4 is 29.3 Å². The molecule has 0 aliphatic carbocycles. The quantitative estimate of drug-likeness (QED) is 0.618. The zero-order valence-corrected chi connectivity index (χ0v) is 13.7. The standard InChI is InChI=1S/C18H16N2O3S/c19-12-14-6-4-5-9-16(14)20-17(21)13-23-18(22)10-11-24-15-7-2-1-3-8-15/h1-9H,10-11,13H2,(H,20,21). The van der Waals surface area contributed by atoms with Gasteiger partial charge in [0.25, 0.3) is 5.91 Å². The second-order valence-corrected chi connectivity index (χ2v) is 5.95. The molecule has 0 atom stereocenters. The van der Waals surface area contributed by atoms with Gasteiger partial charge in [-0.3, -0.25) is 9.59 Å². The lowest BCUT2D eigenvalue weighted by molar-refractivity contribution is -0.146. The summed E-state index contributed by atoms with van der Waals surface area (Å²) in [4.78, 5) is 24.5. The summed E-state index contributed by atoms with van der Waals surface area (Å²) >= 11 is 1.55. The molecule has 0 unspecified atom stereocenters. The maximum atomic E-state index is 11.8. The van der Waals surface area contributed by atoms with Gasteiger partial charge in [-0.25, -0.2) is 0 Å². The van der Waals surface area contributed by atoms with Crippen LogP contribution in [-0.2, 0) is 14.3 Å². The van der Waals surface area contributed by atoms with E-state index >= 15 is 0 Å². The fraction of sp³-hybridized carbons (Fsp3) is 0.167. The summed E-state index contributed by atoms with van der Waals surface area (Å²) in [5, 5.41) is 11.5. The number of carbonyl (C=O) groups is 2. The molecule has 122 valence electrons. The number of nitrogens with zero attached hydrogens (tertiary/aromatic N) is 1. The molecule has 2 aromatic rings. The summed E-state index contributed by atoms with van der Waals surface area (Å²) in [6.45, 7) is -0.366. The highest BCUT2D eigenvalue weighted by Crippen LogP contribution is 2.18. The second kappa shape index (κ2) is 9.38. The number of nitriles is 1. The first-order valence-corrected chi connectivity index (χ1v) is 8.30. The molecule has 0 aliphatic rings. The smallest absolute Gasteiger partial charge is 0.307 e. The third kappa shape index (κ3) is 5.78. The highest BCUT2D eigenvalue weighted by Gasteiger charge is 2.10. The van der Waals surface area contributed by atoms with Gasteiger partial charge in [-0.15, -0.1) is 11.8 Å². The van der Waals surface area contributed by atoms with E-state index in [1.165, 1.54) is 0 Å². The lowest BCUT2D eigenvalue weighted by atomic mass is 10.2. The SMILES string of the molecule is N#Cc1ccccc1NC(=O)COC(=O)CCSc1ccccc1. The predicted molar refractivity (Wildman–Crippen MR) is 92.5 cm³/mol. The van der Waals surface area contributed by atoms with Crippen molar-refractivity contribution in [2.75, 3.05) is 17.7 Å². The van der Waals surface area contributed by atoms with Gasteiger partial charge in [0.2, 0.25) is 0 Å². The van der Waals surface area contributed by atoms with Crippen molar-refractivity contribution < 1.29 is 14.3 Å². The number of ether oxygens (including phenoxy) is 1. The molecule has 6 heteroatoms. The van der Waals surface area contributed by atoms with E-state index in [9.17, 15) is 9.59 Å². The van der Waals surface area contributed by atoms with Gasteiger partial charge in [0.05, 0.1) is 17.7 Å². The van der Waals surface area contributed by atoms with Crippen LogP contribution in [0.25, 0.3) is 0 Å². The molecule has 0 aromatic heterocycles. The van der Waals surface area contributed by atoms with Crippen LogP contribution in [0.5, 0.6) is 0 Å². The van der Waals surface area contributed by atoms with Crippen molar-refractivity contribution in [2.45, 2.75) is 11.3 Å². The van der Waals surface area contributed by atoms with Gasteiger partial charge in [-0.05, 0) is 24.3 Å². The molecule has 1 N–H and O–H groups in total. The Balaban J connectivity index is 1.69. The second-order valence-electron chi connectivity index (χ2n) is 4.78. The van der Waals surface area contributed by atoms with Crippen LogP contribution in [0.2, 0.25) is 0 Å². The third-order valence-electron chi connectivity index (χ3n) is 3.00. The molecule has 0 spiro atoms. The Labute approximate surface area is 144 Å². The van der Waals surface area contributed by atoms with Gasteiger partial charge in [-0.2, -0.15) is 5.26 Å². The van der Waals surface area contributed by atoms with Crippen LogP contribution in [0.1, 0.15) is 12.0 Å². The molecule has 0 fully saturated rings. The first-order chi connectivity index (χ1) is 11.7. The van der Waals surface area contributed by atoms with Crippen molar-refractivity contribution in [1.82, 2.24) is 0 Å². The molecule has 0 aliphatic heterocycles. The van der Waals surface area contributed by atoms with E-state index in [0.717, 1.165) is 4.90 Å². The van der Waals surface area contributed by atoms with Crippen molar-refractivity contribution in [3.8, 4) is 6.07 Å². The Hall–Kier alpha value is -2.78. The number of thioether (sulfide) groups is 1. The fourth-order valence-electron chi connectivity index (χ4n) is 1.86. The predicted octanol–water partition coefficient (Wildman–Crippen LogP) is 3.22. The van der Waals surface area contributed by atoms with Gasteiger partial charge >= 0.3 is 5.97 Å². The number of benzene rings is 2. The molecular formula is C18H16N2O3S. The summed E-state index contributed by atoms with van der Waals surface area (Å²) < 4.78 is 4.94. The van der Waals surface area contributed by atoms with Crippen LogP contribution in [0, 0.1) is 11.3 Å². The number of hydrogen-bond acceptors (Lipinski definition) is 5. The number of anilines is 1. The zero-order valence-electron chi connectivity index (χ0n) is 12.9. The summed E-state index contributed by atoms with van der Waals surface area (Å²) in [5.41, 5.74) is 0.761. The van der Waals surface area contributed by atoms with Gasteiger partial charge in [-0.1, -0.05) is 30.3 Å². The van der Waals surface area contributed by atoms with Crippen molar-refractivity contribution in [1.29, 1.82) is 5.26 Å². The van der Waals surface area contributed by atoms with Crippen molar-refractivity contribution in [3.05, 3.63) is 60.2 Å².